The molecule has 108 valence electrons. The summed E-state index contributed by atoms with van der Waals surface area (Å²) in [5, 5.41) is 2.70. The minimum atomic E-state index is -3.80. The maximum Gasteiger partial charge on any atom is 0.263 e. The van der Waals surface area contributed by atoms with Crippen LogP contribution >= 0.6 is 11.6 Å². The first-order chi connectivity index (χ1) is 9.95. The third-order valence-electron chi connectivity index (χ3n) is 3.10. The fourth-order valence-electron chi connectivity index (χ4n) is 2.15. The Kier molecular flexibility index (Phi) is 3.35. The quantitative estimate of drug-likeness (QED) is 0.912. The van der Waals surface area contributed by atoms with Gasteiger partial charge >= 0.3 is 0 Å². The molecule has 0 spiro atoms. The Morgan fingerprint density at radius 2 is 1.86 bits per heavy atom. The smallest absolute Gasteiger partial charge is 0.263 e. The second-order valence-electron chi connectivity index (χ2n) is 4.64. The zero-order chi connectivity index (χ0) is 15.0. The van der Waals surface area contributed by atoms with Gasteiger partial charge in [-0.15, -0.1) is 0 Å². The van der Waals surface area contributed by atoms with Crippen molar-refractivity contribution in [2.24, 2.45) is 0 Å². The van der Waals surface area contributed by atoms with Gasteiger partial charge in [-0.1, -0.05) is 29.8 Å². The first-order valence-corrected chi connectivity index (χ1v) is 8.02. The molecule has 2 N–H and O–H groups in total. The van der Waals surface area contributed by atoms with Gasteiger partial charge in [-0.05, 0) is 29.8 Å². The SMILES string of the molecule is O=C1Cc2cc(S(=O)(=O)Nc3ccccc3)c(Cl)cc2N1. The van der Waals surface area contributed by atoms with Gasteiger partial charge in [0.2, 0.25) is 5.91 Å². The number of nitrogens with one attached hydrogen (secondary N) is 2. The van der Waals surface area contributed by atoms with Crippen LogP contribution < -0.4 is 10.0 Å². The standard InChI is InChI=1S/C14H11ClN2O3S/c15-11-8-12-9(7-14(18)16-12)6-13(11)21(19,20)17-10-4-2-1-3-5-10/h1-6,8,17H,7H2,(H,16,18). The summed E-state index contributed by atoms with van der Waals surface area (Å²) in [5.41, 5.74) is 1.63. The molecule has 0 aromatic heterocycles. The number of anilines is 2. The van der Waals surface area contributed by atoms with Gasteiger partial charge in [0, 0.05) is 11.4 Å². The van der Waals surface area contributed by atoms with Crippen LogP contribution in [0.1, 0.15) is 5.56 Å². The molecule has 21 heavy (non-hydrogen) atoms. The number of carbonyl (C=O) groups excluding carboxylic acids is 1. The van der Waals surface area contributed by atoms with Gasteiger partial charge in [-0.3, -0.25) is 9.52 Å². The third-order valence-corrected chi connectivity index (χ3v) is 4.94. The minimum Gasteiger partial charge on any atom is -0.325 e. The first kappa shape index (κ1) is 13.9. The summed E-state index contributed by atoms with van der Waals surface area (Å²) in [6.45, 7) is 0. The molecule has 0 fully saturated rings. The van der Waals surface area contributed by atoms with Gasteiger partial charge < -0.3 is 5.32 Å². The van der Waals surface area contributed by atoms with E-state index in [0.29, 0.717) is 16.9 Å². The highest BCUT2D eigenvalue weighted by Gasteiger charge is 2.25. The number of halogens is 1. The lowest BCUT2D eigenvalue weighted by atomic mass is 10.2. The Morgan fingerprint density at radius 1 is 1.14 bits per heavy atom. The topological polar surface area (TPSA) is 75.3 Å². The van der Waals surface area contributed by atoms with Crippen molar-refractivity contribution in [3.05, 3.63) is 53.1 Å². The highest BCUT2D eigenvalue weighted by molar-refractivity contribution is 7.92. The summed E-state index contributed by atoms with van der Waals surface area (Å²) < 4.78 is 27.3. The van der Waals surface area contributed by atoms with Crippen molar-refractivity contribution in [3.8, 4) is 0 Å². The molecule has 5 nitrogen and oxygen atoms in total. The van der Waals surface area contributed by atoms with Gasteiger partial charge in [-0.25, -0.2) is 8.42 Å². The van der Waals surface area contributed by atoms with Gasteiger partial charge in [0.1, 0.15) is 4.90 Å². The Bertz CT molecular complexity index is 820. The van der Waals surface area contributed by atoms with E-state index in [1.807, 2.05) is 0 Å². The number of hydrogen-bond acceptors (Lipinski definition) is 3. The summed E-state index contributed by atoms with van der Waals surface area (Å²) in [7, 11) is -3.80. The molecular weight excluding hydrogens is 312 g/mol. The Labute approximate surface area is 127 Å². The lowest BCUT2D eigenvalue weighted by molar-refractivity contribution is -0.115. The van der Waals surface area contributed by atoms with Crippen molar-refractivity contribution in [2.75, 3.05) is 10.0 Å². The molecule has 1 amide bonds. The molecule has 3 rings (SSSR count). The molecule has 0 bridgehead atoms. The number of sulfonamides is 1. The molecule has 2 aromatic rings. The molecule has 0 saturated heterocycles. The van der Waals surface area contributed by atoms with Crippen LogP contribution in [0.4, 0.5) is 11.4 Å². The molecule has 0 atom stereocenters. The van der Waals surface area contributed by atoms with E-state index in [1.165, 1.54) is 12.1 Å². The van der Waals surface area contributed by atoms with Gasteiger partial charge in [0.25, 0.3) is 10.0 Å². The van der Waals surface area contributed by atoms with Crippen LogP contribution in [0.3, 0.4) is 0 Å². The van der Waals surface area contributed by atoms with Crippen molar-refractivity contribution in [1.82, 2.24) is 0 Å². The van der Waals surface area contributed by atoms with E-state index >= 15 is 0 Å². The van der Waals surface area contributed by atoms with Crippen LogP contribution in [0.5, 0.6) is 0 Å². The Morgan fingerprint density at radius 3 is 2.57 bits per heavy atom. The van der Waals surface area contributed by atoms with Gasteiger partial charge in [0.15, 0.2) is 0 Å². The van der Waals surface area contributed by atoms with E-state index in [0.717, 1.165) is 0 Å². The fraction of sp³-hybridized carbons (Fsp3) is 0.0714. The highest BCUT2D eigenvalue weighted by Crippen LogP contribution is 2.32. The summed E-state index contributed by atoms with van der Waals surface area (Å²) >= 11 is 6.04. The predicted molar refractivity (Wildman–Crippen MR) is 81.0 cm³/mol. The molecule has 0 radical (unpaired) electrons. The van der Waals surface area contributed by atoms with E-state index < -0.39 is 10.0 Å². The molecule has 0 aliphatic carbocycles. The summed E-state index contributed by atoms with van der Waals surface area (Å²) in [6.07, 6.45) is 0.153. The van der Waals surface area contributed by atoms with Crippen LogP contribution in [0.2, 0.25) is 5.02 Å². The summed E-state index contributed by atoms with van der Waals surface area (Å²) in [5.74, 6) is -0.174. The third kappa shape index (κ3) is 2.72. The largest absolute Gasteiger partial charge is 0.325 e. The van der Waals surface area contributed by atoms with Gasteiger partial charge in [-0.2, -0.15) is 0 Å². The maximum absolute atomic E-state index is 12.4. The summed E-state index contributed by atoms with van der Waals surface area (Å²) in [6, 6.07) is 11.4. The Hall–Kier alpha value is -2.05. The lowest BCUT2D eigenvalue weighted by Crippen LogP contribution is -2.13. The van der Waals surface area contributed by atoms with E-state index in [4.69, 9.17) is 11.6 Å². The van der Waals surface area contributed by atoms with E-state index in [1.54, 1.807) is 30.3 Å². The first-order valence-electron chi connectivity index (χ1n) is 6.16. The van der Waals surface area contributed by atoms with Crippen LogP contribution in [0.25, 0.3) is 0 Å². The second kappa shape index (κ2) is 5.05. The monoisotopic (exact) mass is 322 g/mol. The van der Waals surface area contributed by atoms with Crippen LogP contribution in [0, 0.1) is 0 Å². The number of fused-ring (bicyclic) bond motifs is 1. The number of carbonyl (C=O) groups is 1. The number of hydrogen-bond donors (Lipinski definition) is 2. The van der Waals surface area contributed by atoms with E-state index in [2.05, 4.69) is 10.0 Å². The number of amides is 1. The van der Waals surface area contributed by atoms with Crippen molar-refractivity contribution in [1.29, 1.82) is 0 Å². The molecule has 1 aliphatic rings. The van der Waals surface area contributed by atoms with Crippen LogP contribution in [-0.2, 0) is 21.2 Å². The van der Waals surface area contributed by atoms with Crippen LogP contribution in [0.15, 0.2) is 47.4 Å². The average molecular weight is 323 g/mol. The lowest BCUT2D eigenvalue weighted by Gasteiger charge is -2.11. The zero-order valence-corrected chi connectivity index (χ0v) is 12.3. The van der Waals surface area contributed by atoms with Crippen molar-refractivity contribution >= 4 is 38.9 Å². The summed E-state index contributed by atoms with van der Waals surface area (Å²) in [4.78, 5) is 11.3. The van der Waals surface area contributed by atoms with Crippen LogP contribution in [-0.4, -0.2) is 14.3 Å². The molecule has 2 aromatic carbocycles. The fourth-order valence-corrected chi connectivity index (χ4v) is 3.79. The average Bonchev–Trinajstić information content (AvgIpc) is 2.77. The normalized spacial score (nSPS) is 13.7. The molecule has 0 unspecified atom stereocenters. The number of benzene rings is 2. The molecule has 1 heterocycles. The van der Waals surface area contributed by atoms with Crippen molar-refractivity contribution in [2.45, 2.75) is 11.3 Å². The molecular formula is C14H11ClN2O3S. The van der Waals surface area contributed by atoms with E-state index in [9.17, 15) is 13.2 Å². The molecule has 0 saturated carbocycles. The van der Waals surface area contributed by atoms with Crippen molar-refractivity contribution < 1.29 is 13.2 Å². The predicted octanol–water partition coefficient (Wildman–Crippen LogP) is 2.64. The zero-order valence-electron chi connectivity index (χ0n) is 10.8. The van der Waals surface area contributed by atoms with Crippen molar-refractivity contribution in [3.63, 3.8) is 0 Å². The second-order valence-corrected chi connectivity index (χ2v) is 6.69. The number of rotatable bonds is 3. The highest BCUT2D eigenvalue weighted by atomic mass is 35.5. The van der Waals surface area contributed by atoms with Gasteiger partial charge in [0.05, 0.1) is 11.4 Å². The van der Waals surface area contributed by atoms with E-state index in [-0.39, 0.29) is 22.2 Å². The minimum absolute atomic E-state index is 0.0386. The Balaban J connectivity index is 2.00. The maximum atomic E-state index is 12.4. The molecule has 1 aliphatic heterocycles. The number of para-hydroxylation sites is 1. The molecule has 7 heteroatoms.